The second kappa shape index (κ2) is 7.58. The van der Waals surface area contributed by atoms with Crippen molar-refractivity contribution in [3.05, 3.63) is 52.7 Å². The highest BCUT2D eigenvalue weighted by atomic mass is 32.2. The summed E-state index contributed by atoms with van der Waals surface area (Å²) in [6.07, 6.45) is 5.19. The van der Waals surface area contributed by atoms with Gasteiger partial charge in [-0.15, -0.1) is 23.1 Å². The van der Waals surface area contributed by atoms with Crippen LogP contribution in [0.4, 0.5) is 5.13 Å². The van der Waals surface area contributed by atoms with Crippen LogP contribution in [0.3, 0.4) is 0 Å². The van der Waals surface area contributed by atoms with Gasteiger partial charge < -0.3 is 16.0 Å². The van der Waals surface area contributed by atoms with E-state index < -0.39 is 5.91 Å². The third-order valence-electron chi connectivity index (χ3n) is 4.43. The number of aromatic nitrogens is 2. The first-order chi connectivity index (χ1) is 13.1. The molecule has 0 atom stereocenters. The molecule has 0 radical (unpaired) electrons. The molecule has 27 heavy (non-hydrogen) atoms. The number of carbonyl (C=O) groups is 2. The van der Waals surface area contributed by atoms with Gasteiger partial charge in [-0.05, 0) is 48.6 Å². The van der Waals surface area contributed by atoms with Crippen molar-refractivity contribution < 1.29 is 9.59 Å². The van der Waals surface area contributed by atoms with Crippen molar-refractivity contribution in [1.82, 2.24) is 9.97 Å². The molecule has 0 spiro atoms. The molecule has 2 amide bonds. The lowest BCUT2D eigenvalue weighted by Gasteiger charge is -2.05. The van der Waals surface area contributed by atoms with E-state index in [0.29, 0.717) is 22.3 Å². The molecular weight excluding hydrogens is 380 g/mol. The monoisotopic (exact) mass is 398 g/mol. The number of aromatic amines is 1. The van der Waals surface area contributed by atoms with Crippen LogP contribution in [0.1, 0.15) is 28.0 Å². The van der Waals surface area contributed by atoms with Crippen molar-refractivity contribution in [2.45, 2.75) is 24.2 Å². The highest BCUT2D eigenvalue weighted by Crippen LogP contribution is 2.28. The first kappa shape index (κ1) is 17.8. The lowest BCUT2D eigenvalue weighted by Crippen LogP contribution is -2.13. The molecule has 138 valence electrons. The Kier molecular flexibility index (Phi) is 5.00. The van der Waals surface area contributed by atoms with Gasteiger partial charge in [0.25, 0.3) is 5.91 Å². The summed E-state index contributed by atoms with van der Waals surface area (Å²) in [6, 6.07) is 8.11. The maximum atomic E-state index is 12.2. The summed E-state index contributed by atoms with van der Waals surface area (Å²) in [4.78, 5) is 31.7. The van der Waals surface area contributed by atoms with E-state index in [1.165, 1.54) is 40.6 Å². The predicted molar refractivity (Wildman–Crippen MR) is 108 cm³/mol. The number of fused-ring (bicyclic) bond motifs is 1. The van der Waals surface area contributed by atoms with Crippen molar-refractivity contribution in [2.75, 3.05) is 11.1 Å². The second-order valence-corrected chi connectivity index (χ2v) is 8.23. The number of amides is 2. The number of nitrogens with zero attached hydrogens (tertiary/aromatic N) is 1. The number of benzene rings is 1. The molecular formula is C19H18N4O2S2. The molecule has 2 aromatic heterocycles. The van der Waals surface area contributed by atoms with Gasteiger partial charge in [-0.1, -0.05) is 6.07 Å². The Balaban J connectivity index is 1.34. The second-order valence-electron chi connectivity index (χ2n) is 6.33. The molecule has 0 bridgehead atoms. The predicted octanol–water partition coefficient (Wildman–Crippen LogP) is 3.46. The number of hydrogen-bond acceptors (Lipinski definition) is 5. The number of hydrogen-bond donors (Lipinski definition) is 3. The number of H-pyrrole nitrogens is 1. The van der Waals surface area contributed by atoms with Gasteiger partial charge in [0.15, 0.2) is 5.13 Å². The molecule has 0 unspecified atom stereocenters. The Morgan fingerprint density at radius 3 is 2.93 bits per heavy atom. The first-order valence-electron chi connectivity index (χ1n) is 8.57. The Bertz CT molecular complexity index is 1010. The van der Waals surface area contributed by atoms with Crippen LogP contribution in [0.15, 0.2) is 40.7 Å². The number of aryl methyl sites for hydroxylation is 2. The van der Waals surface area contributed by atoms with E-state index in [4.69, 9.17) is 5.73 Å². The lowest BCUT2D eigenvalue weighted by atomic mass is 10.1. The minimum absolute atomic E-state index is 0.0895. The summed E-state index contributed by atoms with van der Waals surface area (Å²) in [5.41, 5.74) is 9.85. The van der Waals surface area contributed by atoms with Gasteiger partial charge in [0, 0.05) is 22.0 Å². The van der Waals surface area contributed by atoms with Gasteiger partial charge in [-0.2, -0.15) is 0 Å². The normalized spacial score (nSPS) is 12.7. The molecule has 0 saturated carbocycles. The van der Waals surface area contributed by atoms with Crippen molar-refractivity contribution in [3.63, 3.8) is 0 Å². The first-order valence-corrected chi connectivity index (χ1v) is 10.4. The number of nitrogens with one attached hydrogen (secondary N) is 2. The van der Waals surface area contributed by atoms with Crippen LogP contribution in [0, 0.1) is 0 Å². The van der Waals surface area contributed by atoms with Crippen molar-refractivity contribution in [3.8, 4) is 11.3 Å². The fourth-order valence-corrected chi connectivity index (χ4v) is 4.59. The molecule has 6 nitrogen and oxygen atoms in total. The van der Waals surface area contributed by atoms with Crippen molar-refractivity contribution in [1.29, 1.82) is 0 Å². The van der Waals surface area contributed by atoms with Gasteiger partial charge >= 0.3 is 0 Å². The molecule has 0 aliphatic heterocycles. The third-order valence-corrected chi connectivity index (χ3v) is 6.19. The lowest BCUT2D eigenvalue weighted by molar-refractivity contribution is -0.113. The van der Waals surface area contributed by atoms with E-state index in [1.807, 2.05) is 5.38 Å². The van der Waals surface area contributed by atoms with Crippen molar-refractivity contribution in [2.24, 2.45) is 5.73 Å². The highest BCUT2D eigenvalue weighted by molar-refractivity contribution is 8.00. The van der Waals surface area contributed by atoms with Gasteiger partial charge in [-0.25, -0.2) is 4.98 Å². The zero-order chi connectivity index (χ0) is 18.8. The zero-order valence-corrected chi connectivity index (χ0v) is 16.1. The van der Waals surface area contributed by atoms with Crippen LogP contribution in [0.25, 0.3) is 11.3 Å². The number of carbonyl (C=O) groups excluding carboxylic acids is 2. The summed E-state index contributed by atoms with van der Waals surface area (Å²) in [7, 11) is 0. The molecule has 0 fully saturated rings. The average molecular weight is 399 g/mol. The van der Waals surface area contributed by atoms with E-state index >= 15 is 0 Å². The largest absolute Gasteiger partial charge is 0.364 e. The smallest absolute Gasteiger partial charge is 0.265 e. The number of thioether (sulfide) groups is 1. The molecule has 0 saturated heterocycles. The number of nitrogens with two attached hydrogens (primary N) is 1. The SMILES string of the molecule is NC(=O)c1cc(-c2csc(NC(=O)CSc3ccc4c(c3)CCC4)n2)c[nH]1. The molecule has 1 aliphatic carbocycles. The number of primary amides is 1. The molecule has 1 aromatic carbocycles. The van der Waals surface area contributed by atoms with Crippen LogP contribution in [0.2, 0.25) is 0 Å². The maximum absolute atomic E-state index is 12.2. The Morgan fingerprint density at radius 2 is 2.11 bits per heavy atom. The van der Waals surface area contributed by atoms with Gasteiger partial charge in [0.2, 0.25) is 5.91 Å². The summed E-state index contributed by atoms with van der Waals surface area (Å²) < 4.78 is 0. The zero-order valence-electron chi connectivity index (χ0n) is 14.5. The van der Waals surface area contributed by atoms with E-state index in [9.17, 15) is 9.59 Å². The molecule has 4 N–H and O–H groups in total. The highest BCUT2D eigenvalue weighted by Gasteiger charge is 2.13. The van der Waals surface area contributed by atoms with Gasteiger partial charge in [0.1, 0.15) is 5.69 Å². The van der Waals surface area contributed by atoms with E-state index in [1.54, 1.807) is 12.3 Å². The number of anilines is 1. The molecule has 2 heterocycles. The summed E-state index contributed by atoms with van der Waals surface area (Å²) in [5, 5.41) is 5.19. The van der Waals surface area contributed by atoms with Gasteiger partial charge in [-0.3, -0.25) is 9.59 Å². The molecule has 4 rings (SSSR count). The third kappa shape index (κ3) is 4.06. The standard InChI is InChI=1S/C19H18N4O2S2/c20-18(25)15-7-13(8-21-15)16-9-27-19(22-16)23-17(24)10-26-14-5-4-11-2-1-3-12(11)6-14/h4-9,21H,1-3,10H2,(H2,20,25)(H,22,23,24). The minimum Gasteiger partial charge on any atom is -0.364 e. The van der Waals surface area contributed by atoms with Crippen LogP contribution in [0.5, 0.6) is 0 Å². The molecule has 8 heteroatoms. The van der Waals surface area contributed by atoms with Crippen LogP contribution in [-0.4, -0.2) is 27.5 Å². The molecule has 1 aliphatic rings. The van der Waals surface area contributed by atoms with Crippen LogP contribution in [-0.2, 0) is 17.6 Å². The van der Waals surface area contributed by atoms with Gasteiger partial charge in [0.05, 0.1) is 11.4 Å². The van der Waals surface area contributed by atoms with E-state index in [-0.39, 0.29) is 5.91 Å². The summed E-state index contributed by atoms with van der Waals surface area (Å²) in [5.74, 6) is -0.272. The Morgan fingerprint density at radius 1 is 1.26 bits per heavy atom. The summed E-state index contributed by atoms with van der Waals surface area (Å²) in [6.45, 7) is 0. The molecule has 3 aromatic rings. The minimum atomic E-state index is -0.520. The number of rotatable bonds is 6. The Hall–Kier alpha value is -2.58. The summed E-state index contributed by atoms with van der Waals surface area (Å²) >= 11 is 2.88. The Labute approximate surface area is 164 Å². The average Bonchev–Trinajstić information content (AvgIpc) is 3.39. The van der Waals surface area contributed by atoms with Crippen LogP contribution < -0.4 is 11.1 Å². The van der Waals surface area contributed by atoms with Crippen molar-refractivity contribution >= 4 is 40.0 Å². The quantitative estimate of drug-likeness (QED) is 0.554. The maximum Gasteiger partial charge on any atom is 0.265 e. The fourth-order valence-electron chi connectivity index (χ4n) is 3.09. The fraction of sp³-hybridized carbons (Fsp3) is 0.211. The van der Waals surface area contributed by atoms with E-state index in [0.717, 1.165) is 23.3 Å². The topological polar surface area (TPSA) is 101 Å². The number of thiazole rings is 1. The van der Waals surface area contributed by atoms with E-state index in [2.05, 4.69) is 33.5 Å². The van der Waals surface area contributed by atoms with Crippen LogP contribution >= 0.6 is 23.1 Å².